The van der Waals surface area contributed by atoms with E-state index in [1.54, 1.807) is 0 Å². The summed E-state index contributed by atoms with van der Waals surface area (Å²) in [4.78, 5) is 8.77. The van der Waals surface area contributed by atoms with Crippen LogP contribution in [0.3, 0.4) is 0 Å². The highest BCUT2D eigenvalue weighted by atomic mass is 35.5. The number of hydrogen-bond donors (Lipinski definition) is 1. The Morgan fingerprint density at radius 2 is 1.78 bits per heavy atom. The summed E-state index contributed by atoms with van der Waals surface area (Å²) in [5.41, 5.74) is 0.228. The van der Waals surface area contributed by atoms with Crippen LogP contribution >= 0.6 is 23.2 Å². The number of benzene rings is 1. The summed E-state index contributed by atoms with van der Waals surface area (Å²) in [6, 6.07) is 10.1. The molecule has 1 unspecified atom stereocenters. The average Bonchev–Trinajstić information content (AvgIpc) is 2.86. The quantitative estimate of drug-likeness (QED) is 0.757. The number of hydrogen-bond acceptors (Lipinski definition) is 1. The van der Waals surface area contributed by atoms with Crippen LogP contribution in [-0.2, 0) is 0 Å². The van der Waals surface area contributed by atoms with Crippen LogP contribution in [0.1, 0.15) is 25.8 Å². The third-order valence-corrected chi connectivity index (χ3v) is 3.33. The van der Waals surface area contributed by atoms with Crippen LogP contribution in [0.4, 0.5) is 4.79 Å². The molecule has 0 heterocycles. The number of rotatable bonds is 2. The van der Waals surface area contributed by atoms with Crippen molar-refractivity contribution in [3.63, 3.8) is 0 Å². The third-order valence-electron chi connectivity index (χ3n) is 2.99. The van der Waals surface area contributed by atoms with Crippen molar-refractivity contribution < 1.29 is 9.90 Å². The topological polar surface area (TPSA) is 37.3 Å². The van der Waals surface area contributed by atoms with E-state index in [2.05, 4.69) is 31.5 Å². The molecule has 1 aliphatic carbocycles. The molecule has 1 atom stereocenters. The van der Waals surface area contributed by atoms with Gasteiger partial charge in [0.05, 0.1) is 0 Å². The smallest absolute Gasteiger partial charge is 0.401 e. The van der Waals surface area contributed by atoms with Gasteiger partial charge in [0.2, 0.25) is 0 Å². The molecular weight excluding hydrogens is 271 g/mol. The molecule has 1 aromatic carbocycles. The predicted molar refractivity (Wildman–Crippen MR) is 76.0 cm³/mol. The highest BCUT2D eigenvalue weighted by Crippen LogP contribution is 2.53. The van der Waals surface area contributed by atoms with E-state index >= 15 is 0 Å². The summed E-state index contributed by atoms with van der Waals surface area (Å²) >= 11 is 10.4. The van der Waals surface area contributed by atoms with Gasteiger partial charge in [0.1, 0.15) is 0 Å². The third kappa shape index (κ3) is 5.11. The lowest BCUT2D eigenvalue weighted by Gasteiger charge is -2.00. The molecule has 1 aromatic rings. The van der Waals surface area contributed by atoms with Gasteiger partial charge in [-0.2, -0.15) is 0 Å². The van der Waals surface area contributed by atoms with Crippen molar-refractivity contribution in [2.45, 2.75) is 20.3 Å². The molecule has 0 aromatic heterocycles. The van der Waals surface area contributed by atoms with Gasteiger partial charge in [0, 0.05) is 16.6 Å². The number of carboxylic acid groups (broad SMARTS) is 1. The first-order valence-electron chi connectivity index (χ1n) is 5.64. The highest BCUT2D eigenvalue weighted by Gasteiger charge is 2.43. The van der Waals surface area contributed by atoms with Crippen LogP contribution in [0, 0.1) is 11.3 Å². The second kappa shape index (κ2) is 6.26. The maximum absolute atomic E-state index is 8.77. The molecule has 0 saturated heterocycles. The van der Waals surface area contributed by atoms with Crippen LogP contribution in [0.25, 0.3) is 5.03 Å². The van der Waals surface area contributed by atoms with Gasteiger partial charge in [0.25, 0.3) is 0 Å². The second-order valence-electron chi connectivity index (χ2n) is 4.93. The first-order chi connectivity index (χ1) is 8.33. The van der Waals surface area contributed by atoms with Crippen molar-refractivity contribution in [1.29, 1.82) is 0 Å². The number of carbonyl (C=O) groups is 1. The summed E-state index contributed by atoms with van der Waals surface area (Å²) < 4.78 is 0. The van der Waals surface area contributed by atoms with Crippen molar-refractivity contribution in [3.05, 3.63) is 42.0 Å². The largest absolute Gasteiger partial charge is 0.469 e. The van der Waals surface area contributed by atoms with Crippen LogP contribution < -0.4 is 0 Å². The van der Waals surface area contributed by atoms with Crippen molar-refractivity contribution in [2.24, 2.45) is 11.3 Å². The zero-order valence-corrected chi connectivity index (χ0v) is 11.9. The minimum absolute atomic E-state index is 0.467. The minimum atomic E-state index is -1.36. The first kappa shape index (κ1) is 15.1. The van der Waals surface area contributed by atoms with Gasteiger partial charge in [0.15, 0.2) is 0 Å². The van der Waals surface area contributed by atoms with Gasteiger partial charge in [-0.15, -0.1) is 0 Å². The van der Waals surface area contributed by atoms with Crippen molar-refractivity contribution in [1.82, 2.24) is 0 Å². The van der Waals surface area contributed by atoms with E-state index in [4.69, 9.17) is 21.5 Å². The maximum atomic E-state index is 8.77. The van der Waals surface area contributed by atoms with E-state index < -0.39 is 5.43 Å². The fourth-order valence-corrected chi connectivity index (χ4v) is 1.94. The monoisotopic (exact) mass is 286 g/mol. The zero-order valence-electron chi connectivity index (χ0n) is 10.4. The van der Waals surface area contributed by atoms with Gasteiger partial charge in [-0.1, -0.05) is 61.9 Å². The normalized spacial score (nSPS) is 20.7. The number of halogens is 2. The van der Waals surface area contributed by atoms with Crippen LogP contribution in [-0.4, -0.2) is 10.5 Å². The standard InChI is InChI=1S/C13H15Cl.CHClO2/c1-13(2)9-11(13)8-12(14)10-6-4-3-5-7-10;2-1(3)4/h3-8,11H,9H2,1-2H3;(H,3,4). The van der Waals surface area contributed by atoms with Gasteiger partial charge in [-0.05, 0) is 23.3 Å². The Labute approximate surface area is 117 Å². The van der Waals surface area contributed by atoms with E-state index in [0.717, 1.165) is 10.6 Å². The van der Waals surface area contributed by atoms with Crippen molar-refractivity contribution in [3.8, 4) is 0 Å². The molecule has 0 spiro atoms. The van der Waals surface area contributed by atoms with E-state index in [-0.39, 0.29) is 0 Å². The fraction of sp³-hybridized carbons (Fsp3) is 0.357. The Balaban J connectivity index is 0.000000357. The SMILES string of the molecule is CC1(C)CC1C=C(Cl)c1ccccc1.O=C(O)Cl. The molecule has 18 heavy (non-hydrogen) atoms. The molecule has 1 N–H and O–H groups in total. The summed E-state index contributed by atoms with van der Waals surface area (Å²) in [6.45, 7) is 4.56. The molecule has 98 valence electrons. The molecule has 1 aliphatic rings. The molecular formula is C14H16Cl2O2. The molecule has 2 nitrogen and oxygen atoms in total. The Kier molecular flexibility index (Phi) is 5.24. The summed E-state index contributed by atoms with van der Waals surface area (Å²) in [6.07, 6.45) is 3.45. The van der Waals surface area contributed by atoms with Crippen molar-refractivity contribution >= 4 is 33.7 Å². The lowest BCUT2D eigenvalue weighted by atomic mass is 10.1. The van der Waals surface area contributed by atoms with E-state index in [9.17, 15) is 0 Å². The van der Waals surface area contributed by atoms with Crippen LogP contribution in [0.5, 0.6) is 0 Å². The van der Waals surface area contributed by atoms with Crippen molar-refractivity contribution in [2.75, 3.05) is 0 Å². The van der Waals surface area contributed by atoms with Crippen LogP contribution in [0.2, 0.25) is 0 Å². The first-order valence-corrected chi connectivity index (χ1v) is 6.39. The van der Waals surface area contributed by atoms with Gasteiger partial charge in [-0.3, -0.25) is 0 Å². The zero-order chi connectivity index (χ0) is 13.8. The van der Waals surface area contributed by atoms with E-state index in [1.807, 2.05) is 30.3 Å². The molecule has 0 amide bonds. The Morgan fingerprint density at radius 1 is 1.33 bits per heavy atom. The molecule has 0 aliphatic heterocycles. The number of allylic oxidation sites excluding steroid dienone is 1. The van der Waals surface area contributed by atoms with Gasteiger partial charge in [-0.25, -0.2) is 4.79 Å². The Hall–Kier alpha value is -0.990. The van der Waals surface area contributed by atoms with Crippen LogP contribution in [0.15, 0.2) is 36.4 Å². The molecule has 2 rings (SSSR count). The summed E-state index contributed by atoms with van der Waals surface area (Å²) in [7, 11) is 0. The highest BCUT2D eigenvalue weighted by molar-refractivity contribution is 6.60. The Morgan fingerprint density at radius 3 is 2.17 bits per heavy atom. The lowest BCUT2D eigenvalue weighted by molar-refractivity contribution is 0.220. The second-order valence-corrected chi connectivity index (χ2v) is 5.66. The molecule has 0 radical (unpaired) electrons. The summed E-state index contributed by atoms with van der Waals surface area (Å²) in [5.74, 6) is 0.662. The van der Waals surface area contributed by atoms with Gasteiger partial charge >= 0.3 is 5.43 Å². The van der Waals surface area contributed by atoms with Gasteiger partial charge < -0.3 is 5.11 Å². The molecule has 4 heteroatoms. The lowest BCUT2D eigenvalue weighted by Crippen LogP contribution is -1.87. The maximum Gasteiger partial charge on any atom is 0.401 e. The Bertz CT molecular complexity index is 434. The summed E-state index contributed by atoms with van der Waals surface area (Å²) in [5, 5.41) is 8.07. The molecule has 0 bridgehead atoms. The molecule has 1 saturated carbocycles. The van der Waals surface area contributed by atoms with E-state index in [0.29, 0.717) is 11.3 Å². The fourth-order valence-electron chi connectivity index (χ4n) is 1.66. The molecule has 1 fully saturated rings. The minimum Gasteiger partial charge on any atom is -0.469 e. The average molecular weight is 287 g/mol. The predicted octanol–water partition coefficient (Wildman–Crippen LogP) is 5.22. The van der Waals surface area contributed by atoms with E-state index in [1.165, 1.54) is 6.42 Å².